The molecule has 0 bridgehead atoms. The van der Waals surface area contributed by atoms with E-state index in [4.69, 9.17) is 0 Å². The summed E-state index contributed by atoms with van der Waals surface area (Å²) in [4.78, 5) is 7.35. The molecule has 1 aromatic carbocycles. The quantitative estimate of drug-likeness (QED) is 0.823. The molecule has 1 aromatic heterocycles. The molecule has 0 spiro atoms. The average molecular weight is 215 g/mol. The van der Waals surface area contributed by atoms with Crippen LogP contribution < -0.4 is 5.32 Å². The predicted octanol–water partition coefficient (Wildman–Crippen LogP) is 2.89. The summed E-state index contributed by atoms with van der Waals surface area (Å²) >= 11 is 0. The van der Waals surface area contributed by atoms with Gasteiger partial charge in [-0.3, -0.25) is 0 Å². The average Bonchev–Trinajstić information content (AvgIpc) is 2.72. The Labute approximate surface area is 95.9 Å². The highest BCUT2D eigenvalue weighted by molar-refractivity contribution is 5.51. The Hall–Kier alpha value is -1.77. The molecule has 2 rings (SSSR count). The summed E-state index contributed by atoms with van der Waals surface area (Å²) in [5.74, 6) is 0. The van der Waals surface area contributed by atoms with Gasteiger partial charge in [-0.05, 0) is 25.0 Å². The van der Waals surface area contributed by atoms with Crippen LogP contribution in [0.15, 0.2) is 30.6 Å². The van der Waals surface area contributed by atoms with E-state index in [0.29, 0.717) is 0 Å². The van der Waals surface area contributed by atoms with Crippen LogP contribution in [0.4, 0.5) is 5.69 Å². The number of nitrogens with one attached hydrogen (secondary N) is 2. The molecule has 3 nitrogen and oxygen atoms in total. The Balaban J connectivity index is 2.07. The van der Waals surface area contributed by atoms with Crippen LogP contribution in [0, 0.1) is 6.92 Å². The number of aryl methyl sites for hydroxylation is 2. The number of H-pyrrole nitrogens is 1. The number of para-hydroxylation sites is 1. The van der Waals surface area contributed by atoms with E-state index in [1.54, 1.807) is 6.33 Å². The van der Waals surface area contributed by atoms with Crippen molar-refractivity contribution < 1.29 is 0 Å². The third-order valence-electron chi connectivity index (χ3n) is 2.78. The van der Waals surface area contributed by atoms with Crippen LogP contribution in [-0.2, 0) is 13.0 Å². The van der Waals surface area contributed by atoms with E-state index in [1.807, 2.05) is 6.92 Å². The smallest absolute Gasteiger partial charge is 0.0925 e. The highest BCUT2D eigenvalue weighted by Gasteiger charge is 2.02. The number of aromatic nitrogens is 2. The van der Waals surface area contributed by atoms with E-state index in [2.05, 4.69) is 46.5 Å². The van der Waals surface area contributed by atoms with Gasteiger partial charge in [0.1, 0.15) is 0 Å². The third kappa shape index (κ3) is 2.24. The second-order valence-electron chi connectivity index (χ2n) is 3.84. The van der Waals surface area contributed by atoms with Crippen molar-refractivity contribution in [1.29, 1.82) is 0 Å². The molecule has 0 unspecified atom stereocenters. The first-order valence-corrected chi connectivity index (χ1v) is 5.62. The number of imidazole rings is 1. The lowest BCUT2D eigenvalue weighted by molar-refractivity contribution is 1.03. The second-order valence-corrected chi connectivity index (χ2v) is 3.84. The Morgan fingerprint density at radius 3 is 2.81 bits per heavy atom. The SMILES string of the molecule is CCc1ccccc1NCc1nc[nH]c1C. The zero-order valence-electron chi connectivity index (χ0n) is 9.75. The highest BCUT2D eigenvalue weighted by Crippen LogP contribution is 2.16. The highest BCUT2D eigenvalue weighted by atomic mass is 14.9. The van der Waals surface area contributed by atoms with Gasteiger partial charge in [0, 0.05) is 11.4 Å². The van der Waals surface area contributed by atoms with Gasteiger partial charge in [-0.25, -0.2) is 4.98 Å². The van der Waals surface area contributed by atoms with Crippen molar-refractivity contribution in [2.75, 3.05) is 5.32 Å². The molecular weight excluding hydrogens is 198 g/mol. The van der Waals surface area contributed by atoms with Gasteiger partial charge in [-0.15, -0.1) is 0 Å². The van der Waals surface area contributed by atoms with Gasteiger partial charge in [0.25, 0.3) is 0 Å². The first-order valence-electron chi connectivity index (χ1n) is 5.62. The minimum atomic E-state index is 0.770. The van der Waals surface area contributed by atoms with Crippen molar-refractivity contribution in [3.8, 4) is 0 Å². The van der Waals surface area contributed by atoms with Gasteiger partial charge < -0.3 is 10.3 Å². The van der Waals surface area contributed by atoms with E-state index in [9.17, 15) is 0 Å². The van der Waals surface area contributed by atoms with Gasteiger partial charge in [0.05, 0.1) is 18.6 Å². The summed E-state index contributed by atoms with van der Waals surface area (Å²) in [5, 5.41) is 3.42. The van der Waals surface area contributed by atoms with Crippen LogP contribution in [-0.4, -0.2) is 9.97 Å². The maximum atomic E-state index is 4.27. The molecular formula is C13H17N3. The van der Waals surface area contributed by atoms with E-state index in [-0.39, 0.29) is 0 Å². The van der Waals surface area contributed by atoms with Crippen LogP contribution >= 0.6 is 0 Å². The molecule has 2 aromatic rings. The Kier molecular flexibility index (Phi) is 3.25. The molecule has 0 radical (unpaired) electrons. The number of nitrogens with zero attached hydrogens (tertiary/aromatic N) is 1. The van der Waals surface area contributed by atoms with Crippen molar-refractivity contribution in [3.63, 3.8) is 0 Å². The molecule has 0 atom stereocenters. The van der Waals surface area contributed by atoms with E-state index < -0.39 is 0 Å². The van der Waals surface area contributed by atoms with Gasteiger partial charge in [-0.2, -0.15) is 0 Å². The maximum Gasteiger partial charge on any atom is 0.0925 e. The predicted molar refractivity (Wildman–Crippen MR) is 66.5 cm³/mol. The minimum absolute atomic E-state index is 0.770. The molecule has 0 saturated carbocycles. The molecule has 0 saturated heterocycles. The van der Waals surface area contributed by atoms with Gasteiger partial charge >= 0.3 is 0 Å². The number of hydrogen-bond donors (Lipinski definition) is 2. The number of aromatic amines is 1. The van der Waals surface area contributed by atoms with Crippen LogP contribution in [0.5, 0.6) is 0 Å². The normalized spacial score (nSPS) is 10.4. The lowest BCUT2D eigenvalue weighted by Crippen LogP contribution is -2.03. The van der Waals surface area contributed by atoms with Crippen molar-refractivity contribution in [3.05, 3.63) is 47.5 Å². The standard InChI is InChI=1S/C13H17N3/c1-3-11-6-4-5-7-12(11)14-8-13-10(2)15-9-16-13/h4-7,9,14H,3,8H2,1-2H3,(H,15,16). The summed E-state index contributed by atoms with van der Waals surface area (Å²) in [6.07, 6.45) is 2.78. The fourth-order valence-corrected chi connectivity index (χ4v) is 1.75. The molecule has 0 fully saturated rings. The summed E-state index contributed by atoms with van der Waals surface area (Å²) in [6.45, 7) is 4.97. The maximum absolute atomic E-state index is 4.27. The van der Waals surface area contributed by atoms with E-state index in [1.165, 1.54) is 11.3 Å². The fraction of sp³-hybridized carbons (Fsp3) is 0.308. The van der Waals surface area contributed by atoms with Crippen molar-refractivity contribution in [2.24, 2.45) is 0 Å². The van der Waals surface area contributed by atoms with E-state index in [0.717, 1.165) is 24.4 Å². The summed E-state index contributed by atoms with van der Waals surface area (Å²) < 4.78 is 0. The van der Waals surface area contributed by atoms with Gasteiger partial charge in [0.2, 0.25) is 0 Å². The number of benzene rings is 1. The Morgan fingerprint density at radius 2 is 2.12 bits per heavy atom. The first-order chi connectivity index (χ1) is 7.81. The van der Waals surface area contributed by atoms with Crippen molar-refractivity contribution >= 4 is 5.69 Å². The molecule has 1 heterocycles. The topological polar surface area (TPSA) is 40.7 Å². The Morgan fingerprint density at radius 1 is 1.31 bits per heavy atom. The minimum Gasteiger partial charge on any atom is -0.379 e. The summed E-state index contributed by atoms with van der Waals surface area (Å²) in [6, 6.07) is 8.39. The molecule has 0 aliphatic carbocycles. The van der Waals surface area contributed by atoms with Gasteiger partial charge in [-0.1, -0.05) is 25.1 Å². The van der Waals surface area contributed by atoms with Crippen LogP contribution in [0.25, 0.3) is 0 Å². The number of hydrogen-bond acceptors (Lipinski definition) is 2. The van der Waals surface area contributed by atoms with Crippen LogP contribution in [0.3, 0.4) is 0 Å². The zero-order valence-corrected chi connectivity index (χ0v) is 9.75. The third-order valence-corrected chi connectivity index (χ3v) is 2.78. The van der Waals surface area contributed by atoms with Crippen LogP contribution in [0.2, 0.25) is 0 Å². The molecule has 0 aliphatic heterocycles. The molecule has 0 aliphatic rings. The summed E-state index contributed by atoms with van der Waals surface area (Å²) in [7, 11) is 0. The molecule has 2 N–H and O–H groups in total. The number of rotatable bonds is 4. The molecule has 3 heteroatoms. The van der Waals surface area contributed by atoms with E-state index >= 15 is 0 Å². The molecule has 0 amide bonds. The lowest BCUT2D eigenvalue weighted by Gasteiger charge is -2.09. The lowest BCUT2D eigenvalue weighted by atomic mass is 10.1. The molecule has 16 heavy (non-hydrogen) atoms. The van der Waals surface area contributed by atoms with Crippen molar-refractivity contribution in [1.82, 2.24) is 9.97 Å². The fourth-order valence-electron chi connectivity index (χ4n) is 1.75. The van der Waals surface area contributed by atoms with Crippen molar-refractivity contribution in [2.45, 2.75) is 26.8 Å². The number of anilines is 1. The monoisotopic (exact) mass is 215 g/mol. The zero-order chi connectivity index (χ0) is 11.4. The first kappa shape index (κ1) is 10.7. The molecule has 84 valence electrons. The second kappa shape index (κ2) is 4.84. The Bertz CT molecular complexity index is 460. The van der Waals surface area contributed by atoms with Gasteiger partial charge in [0.15, 0.2) is 0 Å². The van der Waals surface area contributed by atoms with Crippen LogP contribution in [0.1, 0.15) is 23.9 Å². The largest absolute Gasteiger partial charge is 0.379 e. The summed E-state index contributed by atoms with van der Waals surface area (Å²) in [5.41, 5.74) is 4.75.